The minimum Gasteiger partial charge on any atom is -0.379 e. The number of nitrogens with one attached hydrogen (secondary N) is 1. The van der Waals surface area contributed by atoms with Gasteiger partial charge in [0.1, 0.15) is 0 Å². The molecule has 1 heterocycles. The van der Waals surface area contributed by atoms with Gasteiger partial charge in [0.05, 0.1) is 6.61 Å². The first-order valence-electron chi connectivity index (χ1n) is 10.8. The van der Waals surface area contributed by atoms with E-state index in [2.05, 4.69) is 62.4 Å². The fraction of sp³-hybridized carbons (Fsp3) is 0.682. The van der Waals surface area contributed by atoms with Crippen LogP contribution in [0.2, 0.25) is 0 Å². The minimum absolute atomic E-state index is 0.777. The lowest BCUT2D eigenvalue weighted by Crippen LogP contribution is -2.47. The second-order valence-corrected chi connectivity index (χ2v) is 7.93. The van der Waals surface area contributed by atoms with Crippen molar-refractivity contribution in [2.45, 2.75) is 19.3 Å². The highest BCUT2D eigenvalue weighted by atomic mass is 16.5. The van der Waals surface area contributed by atoms with Crippen LogP contribution in [-0.4, -0.2) is 88.9 Å². The van der Waals surface area contributed by atoms with Crippen molar-refractivity contribution in [1.29, 1.82) is 0 Å². The Bertz CT molecular complexity index is 582. The van der Waals surface area contributed by atoms with E-state index < -0.39 is 0 Å². The van der Waals surface area contributed by atoms with Gasteiger partial charge < -0.3 is 19.9 Å². The topological polar surface area (TPSA) is 43.3 Å². The van der Waals surface area contributed by atoms with Gasteiger partial charge in [-0.25, -0.2) is 0 Å². The molecule has 2 aliphatic rings. The van der Waals surface area contributed by atoms with Gasteiger partial charge in [0, 0.05) is 65.7 Å². The van der Waals surface area contributed by atoms with Crippen LogP contribution in [0.4, 0.5) is 5.69 Å². The van der Waals surface area contributed by atoms with Crippen molar-refractivity contribution in [1.82, 2.24) is 15.1 Å². The summed E-state index contributed by atoms with van der Waals surface area (Å²) in [6.45, 7) is 9.19. The third kappa shape index (κ3) is 6.99. The van der Waals surface area contributed by atoms with Crippen LogP contribution >= 0.6 is 0 Å². The molecular formula is C22H37N5O. The van der Waals surface area contributed by atoms with Crippen molar-refractivity contribution in [2.24, 2.45) is 10.9 Å². The van der Waals surface area contributed by atoms with Crippen LogP contribution in [0.1, 0.15) is 19.3 Å². The predicted octanol–water partition coefficient (Wildman–Crippen LogP) is 2.13. The van der Waals surface area contributed by atoms with Crippen LogP contribution in [0, 0.1) is 5.92 Å². The molecule has 156 valence electrons. The number of guanidine groups is 1. The Hall–Kier alpha value is -1.79. The van der Waals surface area contributed by atoms with E-state index in [4.69, 9.17) is 4.74 Å². The Labute approximate surface area is 170 Å². The summed E-state index contributed by atoms with van der Waals surface area (Å²) in [6.07, 6.45) is 3.83. The van der Waals surface area contributed by atoms with Crippen LogP contribution in [0.25, 0.3) is 0 Å². The number of rotatable bonds is 10. The smallest absolute Gasteiger partial charge is 0.193 e. The quantitative estimate of drug-likeness (QED) is 0.379. The summed E-state index contributed by atoms with van der Waals surface area (Å²) < 4.78 is 5.73. The summed E-state index contributed by atoms with van der Waals surface area (Å²) in [7, 11) is 3.94. The predicted molar refractivity (Wildman–Crippen MR) is 117 cm³/mol. The van der Waals surface area contributed by atoms with Crippen molar-refractivity contribution in [3.63, 3.8) is 0 Å². The monoisotopic (exact) mass is 387 g/mol. The number of hydrogen-bond acceptors (Lipinski definition) is 4. The molecule has 1 N–H and O–H groups in total. The standard InChI is InChI=1S/C22H37N5O/c1-23-22(25(2)17-18-28-19-20-9-10-20)24-11-6-12-26-13-15-27(16-14-26)21-7-4-3-5-8-21/h3-5,7-8,20H,6,9-19H2,1-2H3,(H,23,24). The molecule has 1 aliphatic heterocycles. The lowest BCUT2D eigenvalue weighted by Gasteiger charge is -2.36. The molecular weight excluding hydrogens is 350 g/mol. The minimum atomic E-state index is 0.777. The number of aliphatic imine (C=N–C) groups is 1. The van der Waals surface area contributed by atoms with E-state index in [9.17, 15) is 0 Å². The summed E-state index contributed by atoms with van der Waals surface area (Å²) >= 11 is 0. The lowest BCUT2D eigenvalue weighted by atomic mass is 10.2. The summed E-state index contributed by atoms with van der Waals surface area (Å²) in [5.41, 5.74) is 1.34. The zero-order valence-corrected chi connectivity index (χ0v) is 17.6. The Kier molecular flexibility index (Phi) is 8.42. The number of para-hydroxylation sites is 1. The molecule has 0 radical (unpaired) electrons. The lowest BCUT2D eigenvalue weighted by molar-refractivity contribution is 0.115. The number of ether oxygens (including phenoxy) is 1. The molecule has 1 aromatic carbocycles. The van der Waals surface area contributed by atoms with E-state index in [1.807, 2.05) is 7.05 Å². The van der Waals surface area contributed by atoms with Gasteiger partial charge in [-0.3, -0.25) is 9.89 Å². The number of anilines is 1. The fourth-order valence-electron chi connectivity index (χ4n) is 3.60. The Morgan fingerprint density at radius 1 is 1.18 bits per heavy atom. The molecule has 2 fully saturated rings. The number of nitrogens with zero attached hydrogens (tertiary/aromatic N) is 4. The molecule has 6 heteroatoms. The van der Waals surface area contributed by atoms with Crippen molar-refractivity contribution in [2.75, 3.05) is 78.0 Å². The average Bonchev–Trinajstić information content (AvgIpc) is 3.57. The second-order valence-electron chi connectivity index (χ2n) is 7.93. The molecule has 1 aromatic rings. The van der Waals surface area contributed by atoms with E-state index in [0.717, 1.165) is 77.3 Å². The van der Waals surface area contributed by atoms with Crippen LogP contribution in [0.15, 0.2) is 35.3 Å². The molecule has 0 spiro atoms. The summed E-state index contributed by atoms with van der Waals surface area (Å²) in [4.78, 5) is 11.6. The zero-order chi connectivity index (χ0) is 19.6. The number of likely N-dealkylation sites (N-methyl/N-ethyl adjacent to an activating group) is 1. The van der Waals surface area contributed by atoms with Crippen molar-refractivity contribution in [3.05, 3.63) is 30.3 Å². The Morgan fingerprint density at radius 2 is 1.93 bits per heavy atom. The van der Waals surface area contributed by atoms with Crippen LogP contribution in [-0.2, 0) is 4.74 Å². The van der Waals surface area contributed by atoms with Crippen LogP contribution < -0.4 is 10.2 Å². The largest absolute Gasteiger partial charge is 0.379 e. The highest BCUT2D eigenvalue weighted by Crippen LogP contribution is 2.28. The maximum atomic E-state index is 5.73. The van der Waals surface area contributed by atoms with Crippen molar-refractivity contribution >= 4 is 11.6 Å². The van der Waals surface area contributed by atoms with Gasteiger partial charge in [-0.05, 0) is 43.9 Å². The molecule has 1 saturated heterocycles. The molecule has 0 bridgehead atoms. The maximum Gasteiger partial charge on any atom is 0.193 e. The first-order chi connectivity index (χ1) is 13.8. The Balaban J connectivity index is 1.25. The first kappa shape index (κ1) is 20.9. The number of benzene rings is 1. The van der Waals surface area contributed by atoms with E-state index in [-0.39, 0.29) is 0 Å². The number of hydrogen-bond donors (Lipinski definition) is 1. The fourth-order valence-corrected chi connectivity index (χ4v) is 3.60. The normalized spacial score (nSPS) is 18.4. The zero-order valence-electron chi connectivity index (χ0n) is 17.6. The maximum absolute atomic E-state index is 5.73. The summed E-state index contributed by atoms with van der Waals surface area (Å²) in [5, 5.41) is 3.49. The molecule has 28 heavy (non-hydrogen) atoms. The van der Waals surface area contributed by atoms with Crippen molar-refractivity contribution in [3.8, 4) is 0 Å². The third-order valence-corrected chi connectivity index (χ3v) is 5.62. The average molecular weight is 388 g/mol. The molecule has 0 aromatic heterocycles. The third-order valence-electron chi connectivity index (χ3n) is 5.62. The van der Waals surface area contributed by atoms with Crippen LogP contribution in [0.3, 0.4) is 0 Å². The summed E-state index contributed by atoms with van der Waals surface area (Å²) in [6, 6.07) is 10.7. The second kappa shape index (κ2) is 11.3. The Morgan fingerprint density at radius 3 is 2.61 bits per heavy atom. The van der Waals surface area contributed by atoms with E-state index >= 15 is 0 Å². The molecule has 0 unspecified atom stereocenters. The highest BCUT2D eigenvalue weighted by Gasteiger charge is 2.21. The SMILES string of the molecule is CN=C(NCCCN1CCN(c2ccccc2)CC1)N(C)CCOCC1CC1. The van der Waals surface area contributed by atoms with E-state index in [1.165, 1.54) is 18.5 Å². The van der Waals surface area contributed by atoms with E-state index in [1.54, 1.807) is 0 Å². The molecule has 0 amide bonds. The van der Waals surface area contributed by atoms with Crippen LogP contribution in [0.5, 0.6) is 0 Å². The van der Waals surface area contributed by atoms with Gasteiger partial charge in [-0.1, -0.05) is 18.2 Å². The molecule has 3 rings (SSSR count). The van der Waals surface area contributed by atoms with E-state index in [0.29, 0.717) is 0 Å². The van der Waals surface area contributed by atoms with Gasteiger partial charge in [0.25, 0.3) is 0 Å². The first-order valence-corrected chi connectivity index (χ1v) is 10.8. The summed E-state index contributed by atoms with van der Waals surface area (Å²) in [5.74, 6) is 1.79. The van der Waals surface area contributed by atoms with Gasteiger partial charge in [0.15, 0.2) is 5.96 Å². The van der Waals surface area contributed by atoms with Gasteiger partial charge in [-0.15, -0.1) is 0 Å². The van der Waals surface area contributed by atoms with Gasteiger partial charge in [0.2, 0.25) is 0 Å². The van der Waals surface area contributed by atoms with Crippen molar-refractivity contribution < 1.29 is 4.74 Å². The molecule has 1 saturated carbocycles. The molecule has 0 atom stereocenters. The molecule has 1 aliphatic carbocycles. The number of piperazine rings is 1. The molecule has 6 nitrogen and oxygen atoms in total. The van der Waals surface area contributed by atoms with Gasteiger partial charge in [-0.2, -0.15) is 0 Å². The highest BCUT2D eigenvalue weighted by molar-refractivity contribution is 5.79. The van der Waals surface area contributed by atoms with Gasteiger partial charge >= 0.3 is 0 Å².